The lowest BCUT2D eigenvalue weighted by atomic mass is 10.1. The molecule has 7 nitrogen and oxygen atoms in total. The molecule has 1 aliphatic heterocycles. The number of allylic oxidation sites excluding steroid dienone is 1. The fourth-order valence-corrected chi connectivity index (χ4v) is 3.75. The minimum absolute atomic E-state index is 0.0795. The summed E-state index contributed by atoms with van der Waals surface area (Å²) in [5.74, 6) is -2.08. The molecule has 2 amide bonds. The van der Waals surface area contributed by atoms with E-state index in [-0.39, 0.29) is 4.32 Å². The summed E-state index contributed by atoms with van der Waals surface area (Å²) in [6.45, 7) is 1.74. The fourth-order valence-electron chi connectivity index (χ4n) is 2.35. The number of nitrogens with two attached hydrogens (primary N) is 1. The van der Waals surface area contributed by atoms with Gasteiger partial charge in [0.1, 0.15) is 16.1 Å². The maximum atomic E-state index is 12.7. The number of thiocarbonyl (C=S) groups is 1. The Morgan fingerprint density at radius 2 is 2.12 bits per heavy atom. The van der Waals surface area contributed by atoms with Crippen molar-refractivity contribution in [1.82, 2.24) is 4.90 Å². The Labute approximate surface area is 153 Å². The molecule has 1 aromatic carbocycles. The highest BCUT2D eigenvalue weighted by Gasteiger charge is 2.42. The number of hydrogen-bond acceptors (Lipinski definition) is 6. The van der Waals surface area contributed by atoms with Crippen LogP contribution in [0.25, 0.3) is 5.57 Å². The lowest BCUT2D eigenvalue weighted by Gasteiger charge is -2.21. The van der Waals surface area contributed by atoms with Gasteiger partial charge in [0.05, 0.1) is 18.4 Å². The number of carboxylic acids is 1. The molecule has 1 aliphatic rings. The number of amides is 2. The van der Waals surface area contributed by atoms with Crippen LogP contribution in [0.1, 0.15) is 18.9 Å². The first-order chi connectivity index (χ1) is 11.8. The molecule has 0 aliphatic carbocycles. The number of carbonyl (C=O) groups excluding carboxylic acids is 2. The van der Waals surface area contributed by atoms with E-state index >= 15 is 0 Å². The van der Waals surface area contributed by atoms with E-state index in [4.69, 9.17) is 22.7 Å². The molecule has 0 saturated carbocycles. The molecule has 0 radical (unpaired) electrons. The van der Waals surface area contributed by atoms with E-state index in [0.717, 1.165) is 22.2 Å². The standard InChI is InChI=1S/C16H16N2O5S2/c1-8(9-4-3-5-10(6-9)23-2)13-14(20)18(16(24)25-13)11(15(21)22)7-12(17)19/h3-6,11H,7H2,1-2H3,(H2,17,19)(H,21,22)/b13-8-. The maximum Gasteiger partial charge on any atom is 0.327 e. The Hall–Kier alpha value is -2.39. The smallest absolute Gasteiger partial charge is 0.327 e. The van der Waals surface area contributed by atoms with Gasteiger partial charge in [-0.05, 0) is 30.2 Å². The molecule has 1 aromatic rings. The minimum Gasteiger partial charge on any atom is -0.497 e. The molecular formula is C16H16N2O5S2. The van der Waals surface area contributed by atoms with Crippen LogP contribution in [0.15, 0.2) is 29.2 Å². The third kappa shape index (κ3) is 3.99. The number of primary amides is 1. The second-order valence-corrected chi connectivity index (χ2v) is 6.90. The summed E-state index contributed by atoms with van der Waals surface area (Å²) in [6, 6.07) is 5.71. The number of nitrogens with zero attached hydrogens (tertiary/aromatic N) is 1. The van der Waals surface area contributed by atoms with E-state index in [9.17, 15) is 19.5 Å². The van der Waals surface area contributed by atoms with Crippen LogP contribution in [0.4, 0.5) is 0 Å². The summed E-state index contributed by atoms with van der Waals surface area (Å²) in [6.07, 6.45) is -0.507. The van der Waals surface area contributed by atoms with Crippen LogP contribution in [-0.2, 0) is 14.4 Å². The van der Waals surface area contributed by atoms with Gasteiger partial charge in [0.15, 0.2) is 0 Å². The van der Waals surface area contributed by atoms with Gasteiger partial charge in [-0.3, -0.25) is 14.5 Å². The first-order valence-electron chi connectivity index (χ1n) is 7.18. The molecule has 1 unspecified atom stereocenters. The Morgan fingerprint density at radius 1 is 1.44 bits per heavy atom. The van der Waals surface area contributed by atoms with Crippen LogP contribution >= 0.6 is 24.0 Å². The van der Waals surface area contributed by atoms with Crippen molar-refractivity contribution in [3.8, 4) is 5.75 Å². The topological polar surface area (TPSA) is 110 Å². The lowest BCUT2D eigenvalue weighted by molar-refractivity contribution is -0.146. The number of carbonyl (C=O) groups is 3. The first-order valence-corrected chi connectivity index (χ1v) is 8.40. The molecule has 25 heavy (non-hydrogen) atoms. The zero-order valence-corrected chi connectivity index (χ0v) is 15.1. The molecule has 1 saturated heterocycles. The van der Waals surface area contributed by atoms with Gasteiger partial charge in [-0.1, -0.05) is 36.1 Å². The van der Waals surface area contributed by atoms with E-state index < -0.39 is 30.2 Å². The molecule has 0 aromatic heterocycles. The van der Waals surface area contributed by atoms with Crippen LogP contribution in [-0.4, -0.2) is 45.3 Å². The summed E-state index contributed by atoms with van der Waals surface area (Å²) < 4.78 is 5.25. The van der Waals surface area contributed by atoms with Crippen LogP contribution in [0.2, 0.25) is 0 Å². The van der Waals surface area contributed by atoms with Crippen LogP contribution in [0.3, 0.4) is 0 Å². The second-order valence-electron chi connectivity index (χ2n) is 5.25. The molecule has 9 heteroatoms. The third-order valence-corrected chi connectivity index (χ3v) is 5.14. The monoisotopic (exact) mass is 380 g/mol. The molecule has 1 heterocycles. The number of ether oxygens (including phenoxy) is 1. The van der Waals surface area contributed by atoms with Gasteiger partial charge in [0, 0.05) is 0 Å². The zero-order chi connectivity index (χ0) is 18.7. The number of hydrogen-bond donors (Lipinski definition) is 2. The summed E-state index contributed by atoms with van der Waals surface area (Å²) in [7, 11) is 1.54. The third-order valence-electron chi connectivity index (χ3n) is 3.63. The van der Waals surface area contributed by atoms with Crippen molar-refractivity contribution in [3.63, 3.8) is 0 Å². The second kappa shape index (κ2) is 7.66. The quantitative estimate of drug-likeness (QED) is 0.570. The van der Waals surface area contributed by atoms with E-state index in [1.807, 2.05) is 6.07 Å². The molecule has 0 spiro atoms. The number of carboxylic acid groups (broad SMARTS) is 1. The normalized spacial score (nSPS) is 17.4. The number of thioether (sulfide) groups is 1. The molecule has 132 valence electrons. The first kappa shape index (κ1) is 18.9. The van der Waals surface area contributed by atoms with Gasteiger partial charge in [-0.25, -0.2) is 4.79 Å². The van der Waals surface area contributed by atoms with Crippen LogP contribution in [0.5, 0.6) is 5.75 Å². The highest BCUT2D eigenvalue weighted by molar-refractivity contribution is 8.26. The Morgan fingerprint density at radius 3 is 2.68 bits per heavy atom. The average Bonchev–Trinajstić information content (AvgIpc) is 2.86. The van der Waals surface area contributed by atoms with Gasteiger partial charge in [0.25, 0.3) is 5.91 Å². The Bertz CT molecular complexity index is 790. The largest absolute Gasteiger partial charge is 0.497 e. The maximum absolute atomic E-state index is 12.7. The van der Waals surface area contributed by atoms with Crippen molar-refractivity contribution in [1.29, 1.82) is 0 Å². The molecule has 3 N–H and O–H groups in total. The van der Waals surface area contributed by atoms with Gasteiger partial charge < -0.3 is 15.6 Å². The summed E-state index contributed by atoms with van der Waals surface area (Å²) in [4.78, 5) is 36.6. The Kier molecular flexibility index (Phi) is 5.81. The average molecular weight is 380 g/mol. The van der Waals surface area contributed by atoms with Crippen molar-refractivity contribution in [2.24, 2.45) is 5.73 Å². The molecule has 1 atom stereocenters. The minimum atomic E-state index is -1.42. The van der Waals surface area contributed by atoms with E-state index in [1.165, 1.54) is 7.11 Å². The van der Waals surface area contributed by atoms with Gasteiger partial charge in [-0.2, -0.15) is 0 Å². The SMILES string of the molecule is COc1cccc(/C(C)=C2\SC(=S)N(C(CC(N)=O)C(=O)O)C2=O)c1. The van der Waals surface area contributed by atoms with Crippen molar-refractivity contribution < 1.29 is 24.2 Å². The van der Waals surface area contributed by atoms with E-state index in [0.29, 0.717) is 16.2 Å². The Balaban J connectivity index is 2.42. The zero-order valence-electron chi connectivity index (χ0n) is 13.5. The predicted molar refractivity (Wildman–Crippen MR) is 97.9 cm³/mol. The lowest BCUT2D eigenvalue weighted by Crippen LogP contribution is -2.46. The molecular weight excluding hydrogens is 364 g/mol. The number of methoxy groups -OCH3 is 1. The molecule has 0 bridgehead atoms. The summed E-state index contributed by atoms with van der Waals surface area (Å²) >= 11 is 6.16. The highest BCUT2D eigenvalue weighted by Crippen LogP contribution is 2.38. The van der Waals surface area contributed by atoms with Crippen molar-refractivity contribution in [2.75, 3.05) is 7.11 Å². The summed E-state index contributed by atoms with van der Waals surface area (Å²) in [5, 5.41) is 9.33. The van der Waals surface area contributed by atoms with Crippen molar-refractivity contribution in [3.05, 3.63) is 34.7 Å². The van der Waals surface area contributed by atoms with Crippen molar-refractivity contribution >= 4 is 51.7 Å². The number of benzene rings is 1. The number of rotatable bonds is 6. The fraction of sp³-hybridized carbons (Fsp3) is 0.250. The number of aliphatic carboxylic acids is 1. The molecule has 1 fully saturated rings. The predicted octanol–water partition coefficient (Wildman–Crippen LogP) is 1.62. The van der Waals surface area contributed by atoms with Gasteiger partial charge in [0.2, 0.25) is 5.91 Å². The molecule has 2 rings (SSSR count). The van der Waals surface area contributed by atoms with Crippen molar-refractivity contribution in [2.45, 2.75) is 19.4 Å². The summed E-state index contributed by atoms with van der Waals surface area (Å²) in [5.41, 5.74) is 6.48. The van der Waals surface area contributed by atoms with E-state index in [2.05, 4.69) is 0 Å². The van der Waals surface area contributed by atoms with E-state index in [1.54, 1.807) is 25.1 Å². The van der Waals surface area contributed by atoms with Gasteiger partial charge in [-0.15, -0.1) is 0 Å². The van der Waals surface area contributed by atoms with Gasteiger partial charge >= 0.3 is 5.97 Å². The van der Waals surface area contributed by atoms with Crippen LogP contribution < -0.4 is 10.5 Å². The van der Waals surface area contributed by atoms with Crippen LogP contribution in [0, 0.1) is 0 Å². The highest BCUT2D eigenvalue weighted by atomic mass is 32.2.